The van der Waals surface area contributed by atoms with E-state index in [-0.39, 0.29) is 0 Å². The zero-order chi connectivity index (χ0) is 19.1. The number of rotatable bonds is 3. The average Bonchev–Trinajstić information content (AvgIpc) is 3.35. The maximum Gasteiger partial charge on any atom is 0.318 e. The summed E-state index contributed by atoms with van der Waals surface area (Å²) >= 11 is 12.6. The molecule has 0 radical (unpaired) electrons. The van der Waals surface area contributed by atoms with Gasteiger partial charge in [0.05, 0.1) is 39.9 Å². The summed E-state index contributed by atoms with van der Waals surface area (Å²) < 4.78 is 11.2. The predicted molar refractivity (Wildman–Crippen MR) is 108 cm³/mol. The van der Waals surface area contributed by atoms with Crippen LogP contribution in [0.3, 0.4) is 0 Å². The molecule has 9 heteroatoms. The van der Waals surface area contributed by atoms with Gasteiger partial charge in [0, 0.05) is 18.7 Å². The first-order valence-corrected chi connectivity index (χ1v) is 9.55. The summed E-state index contributed by atoms with van der Waals surface area (Å²) in [4.78, 5) is 9.90. The summed E-state index contributed by atoms with van der Waals surface area (Å²) in [5, 5.41) is 9.43. The van der Waals surface area contributed by atoms with Crippen LogP contribution in [0.4, 0.5) is 6.01 Å². The van der Waals surface area contributed by atoms with Crippen LogP contribution in [-0.2, 0) is 4.74 Å². The van der Waals surface area contributed by atoms with Gasteiger partial charge in [0.15, 0.2) is 0 Å². The van der Waals surface area contributed by atoms with Crippen LogP contribution in [-0.4, -0.2) is 46.5 Å². The fourth-order valence-electron chi connectivity index (χ4n) is 3.20. The smallest absolute Gasteiger partial charge is 0.318 e. The molecule has 28 heavy (non-hydrogen) atoms. The van der Waals surface area contributed by atoms with Gasteiger partial charge in [-0.15, -0.1) is 5.10 Å². The lowest BCUT2D eigenvalue weighted by Gasteiger charge is -2.24. The van der Waals surface area contributed by atoms with Crippen molar-refractivity contribution in [2.24, 2.45) is 0 Å². The first kappa shape index (κ1) is 17.5. The number of aromatic amines is 1. The van der Waals surface area contributed by atoms with Crippen LogP contribution < -0.4 is 4.90 Å². The molecule has 1 aliphatic rings. The molecule has 0 bridgehead atoms. The lowest BCUT2D eigenvalue weighted by atomic mass is 10.2. The third-order valence-electron chi connectivity index (χ3n) is 4.62. The highest BCUT2D eigenvalue weighted by Gasteiger charge is 2.19. The topological polar surface area (TPSA) is 80.1 Å². The number of fused-ring (bicyclic) bond motifs is 1. The number of nitrogens with zero attached hydrogens (tertiary/aromatic N) is 4. The van der Waals surface area contributed by atoms with Gasteiger partial charge in [-0.05, 0) is 30.3 Å². The highest BCUT2D eigenvalue weighted by Crippen LogP contribution is 2.34. The second-order valence-corrected chi connectivity index (χ2v) is 7.22. The van der Waals surface area contributed by atoms with Crippen LogP contribution in [0.2, 0.25) is 10.0 Å². The normalized spacial score (nSPS) is 14.7. The fourth-order valence-corrected chi connectivity index (χ4v) is 3.78. The van der Waals surface area contributed by atoms with Crippen molar-refractivity contribution in [1.82, 2.24) is 20.2 Å². The molecule has 1 N–H and O–H groups in total. The molecule has 0 unspecified atom stereocenters. The number of H-pyrrole nitrogens is 1. The van der Waals surface area contributed by atoms with Crippen LogP contribution in [0.1, 0.15) is 0 Å². The van der Waals surface area contributed by atoms with E-state index in [4.69, 9.17) is 32.4 Å². The molecule has 3 heterocycles. The highest BCUT2D eigenvalue weighted by molar-refractivity contribution is 6.39. The van der Waals surface area contributed by atoms with Crippen molar-refractivity contribution in [2.45, 2.75) is 0 Å². The third kappa shape index (κ3) is 3.11. The summed E-state index contributed by atoms with van der Waals surface area (Å²) in [6, 6.07) is 11.6. The zero-order valence-electron chi connectivity index (χ0n) is 14.7. The quantitative estimate of drug-likeness (QED) is 0.533. The molecular formula is C19H15Cl2N5O2. The minimum absolute atomic E-state index is 0.454. The Morgan fingerprint density at radius 1 is 1.00 bits per heavy atom. The third-order valence-corrected chi connectivity index (χ3v) is 5.25. The lowest BCUT2D eigenvalue weighted by Crippen LogP contribution is -2.36. The number of aromatic nitrogens is 4. The SMILES string of the molecule is Clc1cccc(Cl)c1-c1nc2ccc(-c3nnc(N4CCOCC4)o3)cc2[nH]1. The number of ether oxygens (including phenoxy) is 1. The number of hydrogen-bond acceptors (Lipinski definition) is 6. The standard InChI is InChI=1S/C19H15Cl2N5O2/c20-12-2-1-3-13(21)16(12)17-22-14-5-4-11(10-15(14)23-17)18-24-25-19(28-18)26-6-8-27-9-7-26/h1-5,10H,6-9H2,(H,22,23). The Balaban J connectivity index is 1.50. The van der Waals surface area contributed by atoms with E-state index in [0.29, 0.717) is 46.6 Å². The van der Waals surface area contributed by atoms with Crippen LogP contribution >= 0.6 is 23.2 Å². The molecule has 7 nitrogen and oxygen atoms in total. The van der Waals surface area contributed by atoms with E-state index in [1.54, 1.807) is 18.2 Å². The van der Waals surface area contributed by atoms with E-state index >= 15 is 0 Å². The molecule has 0 spiro atoms. The largest absolute Gasteiger partial charge is 0.403 e. The van der Waals surface area contributed by atoms with Gasteiger partial charge >= 0.3 is 6.01 Å². The summed E-state index contributed by atoms with van der Waals surface area (Å²) in [5.41, 5.74) is 3.10. The number of benzene rings is 2. The Bertz CT molecular complexity index is 1130. The van der Waals surface area contributed by atoms with Crippen molar-refractivity contribution >= 4 is 40.2 Å². The van der Waals surface area contributed by atoms with Gasteiger partial charge in [-0.2, -0.15) is 0 Å². The van der Waals surface area contributed by atoms with E-state index in [9.17, 15) is 0 Å². The second-order valence-electron chi connectivity index (χ2n) is 6.40. The van der Waals surface area contributed by atoms with Crippen molar-refractivity contribution in [2.75, 3.05) is 31.2 Å². The van der Waals surface area contributed by atoms with E-state index in [0.717, 1.165) is 29.7 Å². The summed E-state index contributed by atoms with van der Waals surface area (Å²) in [7, 11) is 0. The molecule has 0 saturated carbocycles. The fraction of sp³-hybridized carbons (Fsp3) is 0.211. The molecule has 0 amide bonds. The van der Waals surface area contributed by atoms with Crippen molar-refractivity contribution in [1.29, 1.82) is 0 Å². The Labute approximate surface area is 170 Å². The number of imidazole rings is 1. The van der Waals surface area contributed by atoms with E-state index in [1.165, 1.54) is 0 Å². The van der Waals surface area contributed by atoms with Gasteiger partial charge in [-0.25, -0.2) is 4.98 Å². The van der Waals surface area contributed by atoms with Gasteiger partial charge in [0.1, 0.15) is 5.82 Å². The van der Waals surface area contributed by atoms with Crippen molar-refractivity contribution in [3.8, 4) is 22.8 Å². The van der Waals surface area contributed by atoms with E-state index in [2.05, 4.69) is 20.2 Å². The maximum absolute atomic E-state index is 6.30. The van der Waals surface area contributed by atoms with Crippen molar-refractivity contribution in [3.05, 3.63) is 46.4 Å². The second kappa shape index (κ2) is 7.09. The monoisotopic (exact) mass is 415 g/mol. The molecule has 4 aromatic rings. The lowest BCUT2D eigenvalue weighted by molar-refractivity contribution is 0.120. The van der Waals surface area contributed by atoms with Crippen LogP contribution in [0.15, 0.2) is 40.8 Å². The van der Waals surface area contributed by atoms with Crippen LogP contribution in [0.5, 0.6) is 0 Å². The maximum atomic E-state index is 6.30. The Hall–Kier alpha value is -2.61. The Morgan fingerprint density at radius 3 is 2.57 bits per heavy atom. The number of hydrogen-bond donors (Lipinski definition) is 1. The molecule has 2 aromatic carbocycles. The first-order valence-electron chi connectivity index (χ1n) is 8.80. The van der Waals surface area contributed by atoms with Crippen molar-refractivity contribution < 1.29 is 9.15 Å². The predicted octanol–water partition coefficient (Wildman–Crippen LogP) is 4.42. The summed E-state index contributed by atoms with van der Waals surface area (Å²) in [6.45, 7) is 2.79. The molecule has 2 aromatic heterocycles. The van der Waals surface area contributed by atoms with Crippen LogP contribution in [0.25, 0.3) is 33.9 Å². The Kier molecular flexibility index (Phi) is 4.43. The first-order chi connectivity index (χ1) is 13.7. The minimum atomic E-state index is 0.454. The Morgan fingerprint density at radius 2 is 1.79 bits per heavy atom. The molecule has 0 atom stereocenters. The summed E-state index contributed by atoms with van der Waals surface area (Å²) in [5.74, 6) is 1.07. The van der Waals surface area contributed by atoms with E-state index in [1.807, 2.05) is 23.1 Å². The summed E-state index contributed by atoms with van der Waals surface area (Å²) in [6.07, 6.45) is 0. The molecule has 1 saturated heterocycles. The van der Waals surface area contributed by atoms with Crippen LogP contribution in [0, 0.1) is 0 Å². The van der Waals surface area contributed by atoms with Gasteiger partial charge in [0.2, 0.25) is 5.89 Å². The molecule has 142 valence electrons. The van der Waals surface area contributed by atoms with E-state index < -0.39 is 0 Å². The molecule has 1 fully saturated rings. The van der Waals surface area contributed by atoms with Gasteiger partial charge < -0.3 is 19.0 Å². The highest BCUT2D eigenvalue weighted by atomic mass is 35.5. The number of nitrogens with one attached hydrogen (secondary N) is 1. The number of morpholine rings is 1. The minimum Gasteiger partial charge on any atom is -0.403 e. The average molecular weight is 416 g/mol. The van der Waals surface area contributed by atoms with Crippen molar-refractivity contribution in [3.63, 3.8) is 0 Å². The molecule has 5 rings (SSSR count). The number of halogens is 2. The molecule has 1 aliphatic heterocycles. The van der Waals surface area contributed by atoms with Gasteiger partial charge in [-0.1, -0.05) is 34.4 Å². The molecule has 0 aliphatic carbocycles. The van der Waals surface area contributed by atoms with Gasteiger partial charge in [0.25, 0.3) is 0 Å². The van der Waals surface area contributed by atoms with Gasteiger partial charge in [-0.3, -0.25) is 0 Å². The number of anilines is 1. The molecular weight excluding hydrogens is 401 g/mol. The zero-order valence-corrected chi connectivity index (χ0v) is 16.2.